The second-order valence-corrected chi connectivity index (χ2v) is 4.29. The molecule has 0 radical (unpaired) electrons. The van der Waals surface area contributed by atoms with Crippen molar-refractivity contribution in [1.29, 1.82) is 5.26 Å². The summed E-state index contributed by atoms with van der Waals surface area (Å²) in [7, 11) is 0. The van der Waals surface area contributed by atoms with Crippen molar-refractivity contribution in [3.05, 3.63) is 53.0 Å². The van der Waals surface area contributed by atoms with Crippen molar-refractivity contribution >= 4 is 28.5 Å². The molecule has 0 unspecified atom stereocenters. The molecule has 1 N–H and O–H groups in total. The van der Waals surface area contributed by atoms with Crippen LogP contribution >= 0.6 is 11.3 Å². The van der Waals surface area contributed by atoms with Gasteiger partial charge in [-0.15, -0.1) is 11.3 Å². The zero-order valence-electron chi connectivity index (χ0n) is 9.33. The van der Waals surface area contributed by atoms with Crippen LogP contribution < -0.4 is 5.32 Å². The van der Waals surface area contributed by atoms with Gasteiger partial charge in [0.25, 0.3) is 0 Å². The van der Waals surface area contributed by atoms with Gasteiger partial charge in [0.2, 0.25) is 5.91 Å². The van der Waals surface area contributed by atoms with Crippen LogP contribution in [0.1, 0.15) is 11.1 Å². The van der Waals surface area contributed by atoms with Crippen molar-refractivity contribution < 1.29 is 4.79 Å². The van der Waals surface area contributed by atoms with Gasteiger partial charge in [0.1, 0.15) is 0 Å². The minimum Gasteiger partial charge on any atom is -0.298 e. The summed E-state index contributed by atoms with van der Waals surface area (Å²) in [6.45, 7) is 0. The molecule has 0 aliphatic rings. The van der Waals surface area contributed by atoms with E-state index in [9.17, 15) is 4.79 Å². The summed E-state index contributed by atoms with van der Waals surface area (Å²) < 4.78 is 0. The molecule has 4 nitrogen and oxygen atoms in total. The topological polar surface area (TPSA) is 65.8 Å². The third-order valence-corrected chi connectivity index (χ3v) is 2.82. The summed E-state index contributed by atoms with van der Waals surface area (Å²) in [4.78, 5) is 15.5. The summed E-state index contributed by atoms with van der Waals surface area (Å²) in [6, 6.07) is 9.02. The van der Waals surface area contributed by atoms with Crippen LogP contribution in [0.15, 0.2) is 41.9 Å². The number of aromatic nitrogens is 1. The molecule has 0 saturated heterocycles. The molecule has 1 heterocycles. The third kappa shape index (κ3) is 3.27. The minimum absolute atomic E-state index is 0.227. The number of carbonyl (C=O) groups is 1. The van der Waals surface area contributed by atoms with E-state index in [0.29, 0.717) is 10.7 Å². The lowest BCUT2D eigenvalue weighted by molar-refractivity contribution is -0.111. The number of hydrogen-bond acceptors (Lipinski definition) is 4. The molecule has 2 aromatic rings. The lowest BCUT2D eigenvalue weighted by atomic mass is 10.1. The van der Waals surface area contributed by atoms with Crippen LogP contribution in [0, 0.1) is 11.3 Å². The van der Waals surface area contributed by atoms with Gasteiger partial charge in [-0.2, -0.15) is 5.26 Å². The van der Waals surface area contributed by atoms with Gasteiger partial charge in [-0.1, -0.05) is 12.1 Å². The van der Waals surface area contributed by atoms with E-state index in [0.717, 1.165) is 5.56 Å². The Morgan fingerprint density at radius 3 is 2.78 bits per heavy atom. The van der Waals surface area contributed by atoms with Crippen molar-refractivity contribution in [3.8, 4) is 6.07 Å². The minimum atomic E-state index is -0.227. The van der Waals surface area contributed by atoms with Crippen LogP contribution in [-0.4, -0.2) is 10.9 Å². The number of nitriles is 1. The van der Waals surface area contributed by atoms with E-state index in [1.54, 1.807) is 41.9 Å². The molecule has 0 bridgehead atoms. The molecular weight excluding hydrogens is 246 g/mol. The quantitative estimate of drug-likeness (QED) is 0.857. The lowest BCUT2D eigenvalue weighted by Gasteiger charge is -1.96. The van der Waals surface area contributed by atoms with E-state index in [1.165, 1.54) is 17.4 Å². The molecule has 0 aliphatic carbocycles. The fraction of sp³-hybridized carbons (Fsp3) is 0. The monoisotopic (exact) mass is 255 g/mol. The van der Waals surface area contributed by atoms with Crippen LogP contribution in [0.2, 0.25) is 0 Å². The molecule has 0 aliphatic heterocycles. The van der Waals surface area contributed by atoms with Crippen LogP contribution in [0.4, 0.5) is 5.13 Å². The second-order valence-electron chi connectivity index (χ2n) is 3.39. The third-order valence-electron chi connectivity index (χ3n) is 2.13. The Morgan fingerprint density at radius 1 is 1.39 bits per heavy atom. The predicted octanol–water partition coefficient (Wildman–Crippen LogP) is 2.67. The Balaban J connectivity index is 1.97. The zero-order chi connectivity index (χ0) is 12.8. The standard InChI is InChI=1S/C13H9N3OS/c14-9-11-3-1-10(2-4-11)5-6-12(17)16-13-15-7-8-18-13/h1-8H,(H,15,16,17)/b6-5+. The maximum Gasteiger partial charge on any atom is 0.250 e. The number of amides is 1. The molecule has 18 heavy (non-hydrogen) atoms. The summed E-state index contributed by atoms with van der Waals surface area (Å²) >= 11 is 1.36. The molecule has 0 saturated carbocycles. The Kier molecular flexibility index (Phi) is 3.84. The SMILES string of the molecule is N#Cc1ccc(/C=C/C(=O)Nc2nccs2)cc1. The van der Waals surface area contributed by atoms with Crippen LogP contribution in [-0.2, 0) is 4.79 Å². The van der Waals surface area contributed by atoms with Crippen LogP contribution in [0.3, 0.4) is 0 Å². The maximum absolute atomic E-state index is 11.5. The summed E-state index contributed by atoms with van der Waals surface area (Å²) in [5.74, 6) is -0.227. The molecule has 88 valence electrons. The van der Waals surface area contributed by atoms with Gasteiger partial charge in [-0.3, -0.25) is 10.1 Å². The Morgan fingerprint density at radius 2 is 2.17 bits per heavy atom. The summed E-state index contributed by atoms with van der Waals surface area (Å²) in [5, 5.41) is 13.7. The van der Waals surface area contributed by atoms with E-state index in [4.69, 9.17) is 5.26 Å². The number of anilines is 1. The van der Waals surface area contributed by atoms with Gasteiger partial charge in [-0.05, 0) is 23.8 Å². The molecular formula is C13H9N3OS. The first-order chi connectivity index (χ1) is 8.78. The van der Waals surface area contributed by atoms with E-state index in [-0.39, 0.29) is 5.91 Å². The molecule has 0 atom stereocenters. The van der Waals surface area contributed by atoms with Gasteiger partial charge in [0.05, 0.1) is 11.6 Å². The smallest absolute Gasteiger partial charge is 0.250 e. The molecule has 1 amide bonds. The summed E-state index contributed by atoms with van der Waals surface area (Å²) in [6.07, 6.45) is 4.75. The van der Waals surface area contributed by atoms with E-state index in [1.807, 2.05) is 6.07 Å². The average Bonchev–Trinajstić information content (AvgIpc) is 2.90. The van der Waals surface area contributed by atoms with Gasteiger partial charge in [0.15, 0.2) is 5.13 Å². The number of thiazole rings is 1. The normalized spacial score (nSPS) is 10.2. The highest BCUT2D eigenvalue weighted by atomic mass is 32.1. The molecule has 2 rings (SSSR count). The first-order valence-corrected chi connectivity index (χ1v) is 6.04. The number of hydrogen-bond donors (Lipinski definition) is 1. The first kappa shape index (κ1) is 12.0. The highest BCUT2D eigenvalue weighted by molar-refractivity contribution is 7.13. The Bertz CT molecular complexity index is 594. The summed E-state index contributed by atoms with van der Waals surface area (Å²) in [5.41, 5.74) is 1.46. The van der Waals surface area contributed by atoms with Crippen molar-refractivity contribution in [3.63, 3.8) is 0 Å². The van der Waals surface area contributed by atoms with Gasteiger partial charge in [0, 0.05) is 17.7 Å². The number of rotatable bonds is 3. The highest BCUT2D eigenvalue weighted by Crippen LogP contribution is 2.10. The van der Waals surface area contributed by atoms with Gasteiger partial charge in [-0.25, -0.2) is 4.98 Å². The molecule has 0 spiro atoms. The molecule has 1 aromatic heterocycles. The van der Waals surface area contributed by atoms with Crippen molar-refractivity contribution in [2.75, 3.05) is 5.32 Å². The fourth-order valence-corrected chi connectivity index (χ4v) is 1.80. The Hall–Kier alpha value is -2.45. The number of benzene rings is 1. The molecule has 5 heteroatoms. The predicted molar refractivity (Wildman–Crippen MR) is 70.9 cm³/mol. The average molecular weight is 255 g/mol. The van der Waals surface area contributed by atoms with Crippen LogP contribution in [0.25, 0.3) is 6.08 Å². The second kappa shape index (κ2) is 5.75. The van der Waals surface area contributed by atoms with Crippen LogP contribution in [0.5, 0.6) is 0 Å². The highest BCUT2D eigenvalue weighted by Gasteiger charge is 1.99. The first-order valence-electron chi connectivity index (χ1n) is 5.16. The van der Waals surface area contributed by atoms with Crippen molar-refractivity contribution in [2.45, 2.75) is 0 Å². The van der Waals surface area contributed by atoms with Gasteiger partial charge >= 0.3 is 0 Å². The zero-order valence-corrected chi connectivity index (χ0v) is 10.1. The number of nitrogens with one attached hydrogen (secondary N) is 1. The van der Waals surface area contributed by atoms with E-state index >= 15 is 0 Å². The largest absolute Gasteiger partial charge is 0.298 e. The number of nitrogens with zero attached hydrogens (tertiary/aromatic N) is 2. The van der Waals surface area contributed by atoms with Crippen molar-refractivity contribution in [1.82, 2.24) is 4.98 Å². The molecule has 1 aromatic carbocycles. The maximum atomic E-state index is 11.5. The van der Waals surface area contributed by atoms with E-state index < -0.39 is 0 Å². The Labute approximate surface area is 108 Å². The number of carbonyl (C=O) groups excluding carboxylic acids is 1. The van der Waals surface area contributed by atoms with Gasteiger partial charge < -0.3 is 0 Å². The fourth-order valence-electron chi connectivity index (χ4n) is 1.27. The van der Waals surface area contributed by atoms with E-state index in [2.05, 4.69) is 10.3 Å². The van der Waals surface area contributed by atoms with Crippen molar-refractivity contribution in [2.24, 2.45) is 0 Å². The lowest BCUT2D eigenvalue weighted by Crippen LogP contribution is -2.06. The molecule has 0 fully saturated rings.